The molecule has 1 aliphatic rings. The van der Waals surface area contributed by atoms with E-state index in [0.29, 0.717) is 22.8 Å². The van der Waals surface area contributed by atoms with E-state index in [2.05, 4.69) is 0 Å². The summed E-state index contributed by atoms with van der Waals surface area (Å²) in [6.45, 7) is 0. The van der Waals surface area contributed by atoms with Crippen LogP contribution in [0.4, 0.5) is 0 Å². The fraction of sp³-hybridized carbons (Fsp3) is 0.467. The first-order chi connectivity index (χ1) is 9.98. The third-order valence-corrected chi connectivity index (χ3v) is 5.25. The van der Waals surface area contributed by atoms with Gasteiger partial charge >= 0.3 is 5.97 Å². The van der Waals surface area contributed by atoms with Crippen molar-refractivity contribution < 1.29 is 18.8 Å². The third-order valence-electron chi connectivity index (χ3n) is 3.66. The lowest BCUT2D eigenvalue weighted by Crippen LogP contribution is -2.17. The number of carboxylic acids is 1. The number of nitrogens with zero attached hydrogens (tertiary/aromatic N) is 1. The summed E-state index contributed by atoms with van der Waals surface area (Å²) in [6, 6.07) is 7.15. The molecule has 0 aromatic heterocycles. The van der Waals surface area contributed by atoms with Crippen molar-refractivity contribution in [1.82, 2.24) is 0 Å². The monoisotopic (exact) mass is 307 g/mol. The van der Waals surface area contributed by atoms with E-state index in [9.17, 15) is 9.00 Å². The van der Waals surface area contributed by atoms with Crippen molar-refractivity contribution in [2.45, 2.75) is 25.0 Å². The first-order valence-electron chi connectivity index (χ1n) is 6.62. The van der Waals surface area contributed by atoms with Crippen molar-refractivity contribution in [3.63, 3.8) is 0 Å². The number of methoxy groups -OCH3 is 1. The summed E-state index contributed by atoms with van der Waals surface area (Å²) in [5.41, 5.74) is 1.000. The highest BCUT2D eigenvalue weighted by Crippen LogP contribution is 2.49. The molecule has 1 N–H and O–H groups in total. The third kappa shape index (κ3) is 4.05. The van der Waals surface area contributed by atoms with Crippen LogP contribution in [-0.2, 0) is 21.3 Å². The SMILES string of the molecule is COc1cc(CS(=O)CC2(CC(=O)O)CC2)ccc1C#N. The van der Waals surface area contributed by atoms with Gasteiger partial charge in [0.2, 0.25) is 0 Å². The van der Waals surface area contributed by atoms with Gasteiger partial charge in [0.15, 0.2) is 0 Å². The molecule has 2 rings (SSSR count). The molecule has 112 valence electrons. The summed E-state index contributed by atoms with van der Waals surface area (Å²) in [5.74, 6) is 0.411. The second kappa shape index (κ2) is 6.27. The van der Waals surface area contributed by atoms with Crippen LogP contribution in [0.3, 0.4) is 0 Å². The zero-order valence-corrected chi connectivity index (χ0v) is 12.6. The molecular weight excluding hydrogens is 290 g/mol. The van der Waals surface area contributed by atoms with E-state index in [1.165, 1.54) is 7.11 Å². The number of hydrogen-bond donors (Lipinski definition) is 1. The molecule has 0 aliphatic heterocycles. The van der Waals surface area contributed by atoms with E-state index in [1.807, 2.05) is 6.07 Å². The zero-order chi connectivity index (χ0) is 15.5. The summed E-state index contributed by atoms with van der Waals surface area (Å²) in [5, 5.41) is 17.8. The van der Waals surface area contributed by atoms with Gasteiger partial charge in [-0.15, -0.1) is 0 Å². The van der Waals surface area contributed by atoms with E-state index in [1.54, 1.807) is 18.2 Å². The highest BCUT2D eigenvalue weighted by molar-refractivity contribution is 7.84. The van der Waals surface area contributed by atoms with Gasteiger partial charge in [0.25, 0.3) is 0 Å². The predicted molar refractivity (Wildman–Crippen MR) is 78.3 cm³/mol. The maximum Gasteiger partial charge on any atom is 0.303 e. The number of hydrogen-bond acceptors (Lipinski definition) is 4. The first-order valence-corrected chi connectivity index (χ1v) is 8.11. The Bertz CT molecular complexity index is 617. The molecule has 1 atom stereocenters. The van der Waals surface area contributed by atoms with Crippen molar-refractivity contribution >= 4 is 16.8 Å². The minimum atomic E-state index is -1.11. The number of carbonyl (C=O) groups is 1. The zero-order valence-electron chi connectivity index (χ0n) is 11.8. The Hall–Kier alpha value is -1.87. The molecule has 1 aromatic carbocycles. The maximum atomic E-state index is 12.2. The molecule has 1 saturated carbocycles. The van der Waals surface area contributed by atoms with Crippen LogP contribution in [0.15, 0.2) is 18.2 Å². The molecule has 0 saturated heterocycles. The molecule has 21 heavy (non-hydrogen) atoms. The van der Waals surface area contributed by atoms with Gasteiger partial charge in [0.1, 0.15) is 11.8 Å². The van der Waals surface area contributed by atoms with Crippen molar-refractivity contribution in [2.24, 2.45) is 5.41 Å². The topological polar surface area (TPSA) is 87.4 Å². The fourth-order valence-electron chi connectivity index (χ4n) is 2.37. The molecule has 0 radical (unpaired) electrons. The van der Waals surface area contributed by atoms with Gasteiger partial charge in [0, 0.05) is 22.3 Å². The highest BCUT2D eigenvalue weighted by atomic mass is 32.2. The van der Waals surface area contributed by atoms with E-state index in [0.717, 1.165) is 18.4 Å². The Balaban J connectivity index is 2.00. The molecule has 0 amide bonds. The summed E-state index contributed by atoms with van der Waals surface area (Å²) >= 11 is 0. The average Bonchev–Trinajstić information content (AvgIpc) is 3.16. The lowest BCUT2D eigenvalue weighted by atomic mass is 10.1. The van der Waals surface area contributed by atoms with Gasteiger partial charge in [-0.2, -0.15) is 5.26 Å². The van der Waals surface area contributed by atoms with Gasteiger partial charge in [-0.3, -0.25) is 9.00 Å². The number of benzene rings is 1. The summed E-state index contributed by atoms with van der Waals surface area (Å²) < 4.78 is 17.3. The largest absolute Gasteiger partial charge is 0.495 e. The standard InChI is InChI=1S/C15H17NO4S/c1-20-13-6-11(2-3-12(13)8-16)9-21(19)10-15(4-5-15)7-14(17)18/h2-3,6H,4-5,7,9-10H2,1H3,(H,17,18). The van der Waals surface area contributed by atoms with Crippen molar-refractivity contribution in [3.05, 3.63) is 29.3 Å². The van der Waals surface area contributed by atoms with Crippen LogP contribution < -0.4 is 4.74 Å². The fourth-order valence-corrected chi connectivity index (χ4v) is 4.09. The van der Waals surface area contributed by atoms with Crippen molar-refractivity contribution in [1.29, 1.82) is 5.26 Å². The number of nitriles is 1. The van der Waals surface area contributed by atoms with E-state index in [4.69, 9.17) is 15.1 Å². The average molecular weight is 307 g/mol. The molecular formula is C15H17NO4S. The molecule has 0 spiro atoms. The van der Waals surface area contributed by atoms with Crippen LogP contribution in [0.5, 0.6) is 5.75 Å². The summed E-state index contributed by atoms with van der Waals surface area (Å²) in [4.78, 5) is 10.8. The smallest absolute Gasteiger partial charge is 0.303 e. The van der Waals surface area contributed by atoms with Crippen LogP contribution in [0.25, 0.3) is 0 Å². The second-order valence-electron chi connectivity index (χ2n) is 5.45. The van der Waals surface area contributed by atoms with E-state index < -0.39 is 16.8 Å². The molecule has 1 aromatic rings. The molecule has 6 heteroatoms. The van der Waals surface area contributed by atoms with Crippen LogP contribution in [0, 0.1) is 16.7 Å². The predicted octanol–water partition coefficient (Wildman–Crippen LogP) is 2.07. The summed E-state index contributed by atoms with van der Waals surface area (Å²) in [6.07, 6.45) is 1.76. The minimum absolute atomic E-state index is 0.0927. The van der Waals surface area contributed by atoms with Crippen LogP contribution in [0.2, 0.25) is 0 Å². The first kappa shape index (κ1) is 15.5. The van der Waals surface area contributed by atoms with Crippen LogP contribution in [-0.4, -0.2) is 28.1 Å². The molecule has 1 aliphatic carbocycles. The Morgan fingerprint density at radius 3 is 2.76 bits per heavy atom. The number of aliphatic carboxylic acids is 1. The van der Waals surface area contributed by atoms with Crippen LogP contribution >= 0.6 is 0 Å². The lowest BCUT2D eigenvalue weighted by Gasteiger charge is -2.12. The molecule has 1 fully saturated rings. The Kier molecular flexibility index (Phi) is 4.63. The van der Waals surface area contributed by atoms with E-state index >= 15 is 0 Å². The molecule has 5 nitrogen and oxygen atoms in total. The van der Waals surface area contributed by atoms with Gasteiger partial charge in [-0.25, -0.2) is 0 Å². The second-order valence-corrected chi connectivity index (χ2v) is 6.90. The van der Waals surface area contributed by atoms with E-state index in [-0.39, 0.29) is 11.8 Å². The van der Waals surface area contributed by atoms with Gasteiger partial charge in [-0.1, -0.05) is 6.07 Å². The van der Waals surface area contributed by atoms with Gasteiger partial charge in [0.05, 0.1) is 19.1 Å². The van der Waals surface area contributed by atoms with Crippen molar-refractivity contribution in [2.75, 3.05) is 12.9 Å². The van der Waals surface area contributed by atoms with Gasteiger partial charge < -0.3 is 9.84 Å². The minimum Gasteiger partial charge on any atom is -0.495 e. The Labute approximate surface area is 126 Å². The molecule has 0 heterocycles. The Morgan fingerprint density at radius 2 is 2.24 bits per heavy atom. The number of rotatable bonds is 7. The lowest BCUT2D eigenvalue weighted by molar-refractivity contribution is -0.138. The number of ether oxygens (including phenoxy) is 1. The summed E-state index contributed by atoms with van der Waals surface area (Å²) in [7, 11) is 0.374. The normalized spacial score (nSPS) is 16.8. The van der Waals surface area contributed by atoms with Crippen molar-refractivity contribution in [3.8, 4) is 11.8 Å². The highest BCUT2D eigenvalue weighted by Gasteiger charge is 2.45. The molecule has 0 bridgehead atoms. The number of carboxylic acid groups (broad SMARTS) is 1. The van der Waals surface area contributed by atoms with Gasteiger partial charge in [-0.05, 0) is 36.0 Å². The van der Waals surface area contributed by atoms with Crippen LogP contribution in [0.1, 0.15) is 30.4 Å². The quantitative estimate of drug-likeness (QED) is 0.833. The Morgan fingerprint density at radius 1 is 1.52 bits per heavy atom. The maximum absolute atomic E-state index is 12.2. The molecule has 1 unspecified atom stereocenters.